The number of aromatic nitrogens is 2. The fraction of sp³-hybridized carbons (Fsp3) is 0.429. The molecule has 2 aromatic rings. The van der Waals surface area contributed by atoms with Gasteiger partial charge in [0.05, 0.1) is 17.1 Å². The van der Waals surface area contributed by atoms with Crippen molar-refractivity contribution in [3.63, 3.8) is 0 Å². The van der Waals surface area contributed by atoms with Crippen molar-refractivity contribution in [2.45, 2.75) is 19.5 Å². The van der Waals surface area contributed by atoms with Crippen molar-refractivity contribution in [2.24, 2.45) is 0 Å². The summed E-state index contributed by atoms with van der Waals surface area (Å²) in [5, 5.41) is 6.16. The molecule has 1 aliphatic rings. The van der Waals surface area contributed by atoms with Gasteiger partial charge in [-0.2, -0.15) is 0 Å². The van der Waals surface area contributed by atoms with Gasteiger partial charge in [0.25, 0.3) is 0 Å². The molecule has 0 spiro atoms. The summed E-state index contributed by atoms with van der Waals surface area (Å²) in [7, 11) is 0. The molecule has 106 valence electrons. The van der Waals surface area contributed by atoms with Crippen LogP contribution in [0.3, 0.4) is 0 Å². The number of nitrogens with one attached hydrogen (secondary N) is 2. The van der Waals surface area contributed by atoms with Gasteiger partial charge < -0.3 is 9.88 Å². The number of fused-ring (bicyclic) bond motifs is 1. The fourth-order valence-electron chi connectivity index (χ4n) is 2.46. The van der Waals surface area contributed by atoms with Gasteiger partial charge in [-0.15, -0.1) is 11.8 Å². The van der Waals surface area contributed by atoms with E-state index in [-0.39, 0.29) is 11.9 Å². The predicted octanol–water partition coefficient (Wildman–Crippen LogP) is 1.12. The van der Waals surface area contributed by atoms with Crippen LogP contribution in [0.25, 0.3) is 11.0 Å². The first kappa shape index (κ1) is 13.5. The van der Waals surface area contributed by atoms with Crippen LogP contribution < -0.4 is 10.6 Å². The smallest absolute Gasteiger partial charge is 0.238 e. The number of carbonyl (C=O) groups excluding carboxylic acids is 1. The first-order valence-corrected chi connectivity index (χ1v) is 7.92. The van der Waals surface area contributed by atoms with E-state index in [1.165, 1.54) is 0 Å². The monoisotopic (exact) mass is 290 g/mol. The summed E-state index contributed by atoms with van der Waals surface area (Å²) < 4.78 is 2.15. The number of amides is 1. The molecule has 0 saturated carbocycles. The van der Waals surface area contributed by atoms with Gasteiger partial charge >= 0.3 is 0 Å². The molecular formula is C14H18N4OS. The molecule has 2 N–H and O–H groups in total. The minimum atomic E-state index is -0.0411. The Morgan fingerprint density at radius 1 is 1.55 bits per heavy atom. The van der Waals surface area contributed by atoms with Crippen LogP contribution in [0, 0.1) is 6.92 Å². The number of hydrogen-bond donors (Lipinski definition) is 2. The van der Waals surface area contributed by atoms with Gasteiger partial charge in [-0.1, -0.05) is 12.1 Å². The van der Waals surface area contributed by atoms with E-state index in [9.17, 15) is 4.79 Å². The Morgan fingerprint density at radius 2 is 2.40 bits per heavy atom. The summed E-state index contributed by atoms with van der Waals surface area (Å²) in [4.78, 5) is 16.4. The molecular weight excluding hydrogens is 272 g/mol. The zero-order valence-corrected chi connectivity index (χ0v) is 12.2. The van der Waals surface area contributed by atoms with Crippen LogP contribution in [-0.4, -0.2) is 39.7 Å². The van der Waals surface area contributed by atoms with Crippen LogP contribution in [0.2, 0.25) is 0 Å². The molecule has 1 aliphatic heterocycles. The number of hydrogen-bond acceptors (Lipinski definition) is 4. The molecule has 1 saturated heterocycles. The Labute approximate surface area is 122 Å². The highest BCUT2D eigenvalue weighted by Gasteiger charge is 2.21. The van der Waals surface area contributed by atoms with Crippen LogP contribution in [-0.2, 0) is 11.3 Å². The van der Waals surface area contributed by atoms with E-state index < -0.39 is 0 Å². The van der Waals surface area contributed by atoms with Crippen molar-refractivity contribution >= 4 is 28.7 Å². The second-order valence-corrected chi connectivity index (χ2v) is 5.89. The Kier molecular flexibility index (Phi) is 3.93. The van der Waals surface area contributed by atoms with Crippen LogP contribution >= 0.6 is 11.8 Å². The van der Waals surface area contributed by atoms with E-state index in [1.54, 1.807) is 11.8 Å². The lowest BCUT2D eigenvalue weighted by molar-refractivity contribution is -0.122. The van der Waals surface area contributed by atoms with Crippen molar-refractivity contribution in [3.05, 3.63) is 30.1 Å². The molecule has 0 aliphatic carbocycles. The molecule has 20 heavy (non-hydrogen) atoms. The largest absolute Gasteiger partial charge is 0.353 e. The maximum absolute atomic E-state index is 11.9. The van der Waals surface area contributed by atoms with E-state index in [4.69, 9.17) is 0 Å². The van der Waals surface area contributed by atoms with Gasteiger partial charge in [-0.25, -0.2) is 4.98 Å². The van der Waals surface area contributed by atoms with Gasteiger partial charge in [0, 0.05) is 24.7 Å². The Bertz CT molecular complexity index is 619. The normalized spacial score (nSPS) is 18.6. The quantitative estimate of drug-likeness (QED) is 0.886. The lowest BCUT2D eigenvalue weighted by Crippen LogP contribution is -2.43. The van der Waals surface area contributed by atoms with Gasteiger partial charge in [0.15, 0.2) is 0 Å². The third kappa shape index (κ3) is 2.66. The minimum Gasteiger partial charge on any atom is -0.353 e. The van der Waals surface area contributed by atoms with E-state index in [2.05, 4.69) is 26.3 Å². The highest BCUT2D eigenvalue weighted by Crippen LogP contribution is 2.15. The van der Waals surface area contributed by atoms with E-state index in [0.717, 1.165) is 35.0 Å². The number of benzene rings is 1. The van der Waals surface area contributed by atoms with Crippen molar-refractivity contribution in [1.29, 1.82) is 0 Å². The van der Waals surface area contributed by atoms with Crippen LogP contribution in [0.15, 0.2) is 24.3 Å². The first-order valence-electron chi connectivity index (χ1n) is 6.76. The number of thioether (sulfide) groups is 1. The topological polar surface area (TPSA) is 59.0 Å². The lowest BCUT2D eigenvalue weighted by atomic mass is 10.3. The third-order valence-electron chi connectivity index (χ3n) is 3.51. The molecule has 1 atom stereocenters. The molecule has 1 amide bonds. The van der Waals surface area contributed by atoms with Gasteiger partial charge in [-0.05, 0) is 19.1 Å². The maximum Gasteiger partial charge on any atom is 0.238 e. The Balaban J connectivity index is 1.62. The molecule has 1 fully saturated rings. The molecule has 1 aromatic heterocycles. The molecule has 2 heterocycles. The first-order chi connectivity index (χ1) is 9.75. The van der Waals surface area contributed by atoms with Crippen LogP contribution in [0.4, 0.5) is 0 Å². The zero-order chi connectivity index (χ0) is 13.9. The van der Waals surface area contributed by atoms with Crippen molar-refractivity contribution in [1.82, 2.24) is 20.2 Å². The highest BCUT2D eigenvalue weighted by atomic mass is 32.2. The van der Waals surface area contributed by atoms with E-state index >= 15 is 0 Å². The minimum absolute atomic E-state index is 0.0411. The number of para-hydroxylation sites is 2. The van der Waals surface area contributed by atoms with Crippen molar-refractivity contribution < 1.29 is 4.79 Å². The summed E-state index contributed by atoms with van der Waals surface area (Å²) in [5.41, 5.74) is 2.12. The highest BCUT2D eigenvalue weighted by molar-refractivity contribution is 7.99. The second kappa shape index (κ2) is 5.85. The number of imidazole rings is 1. The second-order valence-electron chi connectivity index (χ2n) is 4.86. The average molecular weight is 290 g/mol. The SMILES string of the molecule is Cc1nc2ccccc2n1CCNC(=O)C1CSCN1. The van der Waals surface area contributed by atoms with Gasteiger partial charge in [-0.3, -0.25) is 10.1 Å². The van der Waals surface area contributed by atoms with E-state index in [0.29, 0.717) is 6.54 Å². The molecule has 0 radical (unpaired) electrons. The summed E-state index contributed by atoms with van der Waals surface area (Å²) in [6.07, 6.45) is 0. The molecule has 5 nitrogen and oxygen atoms in total. The van der Waals surface area contributed by atoms with Gasteiger partial charge in [0.2, 0.25) is 5.91 Å². The lowest BCUT2D eigenvalue weighted by Gasteiger charge is -2.12. The molecule has 3 rings (SSSR count). The predicted molar refractivity (Wildman–Crippen MR) is 81.7 cm³/mol. The van der Waals surface area contributed by atoms with Crippen LogP contribution in [0.1, 0.15) is 5.82 Å². The Morgan fingerprint density at radius 3 is 3.20 bits per heavy atom. The molecule has 0 bridgehead atoms. The maximum atomic E-state index is 11.9. The van der Waals surface area contributed by atoms with Crippen molar-refractivity contribution in [2.75, 3.05) is 18.2 Å². The van der Waals surface area contributed by atoms with E-state index in [1.807, 2.05) is 25.1 Å². The molecule has 1 unspecified atom stereocenters. The number of aryl methyl sites for hydroxylation is 1. The summed E-state index contributed by atoms with van der Waals surface area (Å²) in [6, 6.07) is 8.03. The zero-order valence-electron chi connectivity index (χ0n) is 11.4. The summed E-state index contributed by atoms with van der Waals surface area (Å²) in [6.45, 7) is 3.37. The molecule has 6 heteroatoms. The third-order valence-corrected chi connectivity index (χ3v) is 4.45. The number of nitrogens with zero attached hydrogens (tertiary/aromatic N) is 2. The van der Waals surface area contributed by atoms with Crippen LogP contribution in [0.5, 0.6) is 0 Å². The van der Waals surface area contributed by atoms with Gasteiger partial charge in [0.1, 0.15) is 5.82 Å². The number of rotatable bonds is 4. The summed E-state index contributed by atoms with van der Waals surface area (Å²) >= 11 is 1.76. The Hall–Kier alpha value is -1.53. The molecule has 1 aromatic carbocycles. The van der Waals surface area contributed by atoms with Crippen molar-refractivity contribution in [3.8, 4) is 0 Å². The summed E-state index contributed by atoms with van der Waals surface area (Å²) in [5.74, 6) is 2.80. The standard InChI is InChI=1S/C14H18N4OS/c1-10-17-11-4-2-3-5-13(11)18(10)7-6-15-14(19)12-8-20-9-16-12/h2-5,12,16H,6-9H2,1H3,(H,15,19). The average Bonchev–Trinajstić information content (AvgIpc) is 3.07. The fourth-order valence-corrected chi connectivity index (χ4v) is 3.40. The number of carbonyl (C=O) groups is 1.